The number of nitriles is 1. The second-order valence-corrected chi connectivity index (χ2v) is 6.78. The highest BCUT2D eigenvalue weighted by atomic mass is 16.6. The minimum absolute atomic E-state index is 0.397. The zero-order chi connectivity index (χ0) is 14.3. The van der Waals surface area contributed by atoms with E-state index in [-0.39, 0.29) is 0 Å². The van der Waals surface area contributed by atoms with E-state index in [1.807, 2.05) is 20.8 Å². The maximum atomic E-state index is 11.9. The van der Waals surface area contributed by atoms with Gasteiger partial charge in [0.05, 0.1) is 6.07 Å². The highest BCUT2D eigenvalue weighted by Gasteiger charge is 2.48. The fourth-order valence-electron chi connectivity index (χ4n) is 3.19. The summed E-state index contributed by atoms with van der Waals surface area (Å²) in [5.74, 6) is 0. The van der Waals surface area contributed by atoms with Crippen LogP contribution in [0, 0.1) is 11.3 Å². The molecule has 1 N–H and O–H groups in total. The zero-order valence-corrected chi connectivity index (χ0v) is 12.2. The Kier molecular flexibility index (Phi) is 3.48. The summed E-state index contributed by atoms with van der Waals surface area (Å²) in [5.41, 5.74) is -1.30. The van der Waals surface area contributed by atoms with Crippen molar-refractivity contribution in [1.29, 1.82) is 5.26 Å². The molecule has 5 heteroatoms. The van der Waals surface area contributed by atoms with Crippen LogP contribution in [0.1, 0.15) is 46.5 Å². The van der Waals surface area contributed by atoms with E-state index in [2.05, 4.69) is 23.3 Å². The monoisotopic (exact) mass is 265 g/mol. The SMILES string of the molecule is CN1C2CCC1CC(C#N)(NC(=O)OC(C)(C)C)C2. The van der Waals surface area contributed by atoms with Gasteiger partial charge in [-0.25, -0.2) is 4.79 Å². The van der Waals surface area contributed by atoms with E-state index >= 15 is 0 Å². The van der Waals surface area contributed by atoms with Gasteiger partial charge in [0.2, 0.25) is 0 Å². The number of ether oxygens (including phenoxy) is 1. The summed E-state index contributed by atoms with van der Waals surface area (Å²) >= 11 is 0. The Bertz CT molecular complexity index is 394. The van der Waals surface area contributed by atoms with Crippen molar-refractivity contribution in [3.05, 3.63) is 0 Å². The molecule has 19 heavy (non-hydrogen) atoms. The van der Waals surface area contributed by atoms with Gasteiger partial charge in [-0.2, -0.15) is 5.26 Å². The van der Waals surface area contributed by atoms with E-state index in [1.54, 1.807) is 0 Å². The molecule has 2 aliphatic heterocycles. The second-order valence-electron chi connectivity index (χ2n) is 6.78. The summed E-state index contributed by atoms with van der Waals surface area (Å²) in [5, 5.41) is 12.3. The first-order chi connectivity index (χ1) is 8.75. The molecule has 2 rings (SSSR count). The first kappa shape index (κ1) is 14.1. The van der Waals surface area contributed by atoms with Crippen LogP contribution in [0.2, 0.25) is 0 Å². The van der Waals surface area contributed by atoms with E-state index in [9.17, 15) is 10.1 Å². The fourth-order valence-corrected chi connectivity index (χ4v) is 3.19. The lowest BCUT2D eigenvalue weighted by Crippen LogP contribution is -2.58. The molecule has 2 aliphatic rings. The highest BCUT2D eigenvalue weighted by Crippen LogP contribution is 2.39. The van der Waals surface area contributed by atoms with Gasteiger partial charge in [0.1, 0.15) is 11.1 Å². The van der Waals surface area contributed by atoms with E-state index in [0.29, 0.717) is 24.9 Å². The second kappa shape index (κ2) is 4.68. The minimum Gasteiger partial charge on any atom is -0.444 e. The number of piperidine rings is 1. The van der Waals surface area contributed by atoms with E-state index in [4.69, 9.17) is 4.74 Å². The molecule has 0 aromatic carbocycles. The summed E-state index contributed by atoms with van der Waals surface area (Å²) < 4.78 is 5.27. The Morgan fingerprint density at radius 3 is 2.32 bits per heavy atom. The molecule has 0 aromatic rings. The average Bonchev–Trinajstić information content (AvgIpc) is 2.49. The number of rotatable bonds is 1. The first-order valence-electron chi connectivity index (χ1n) is 6.89. The number of amides is 1. The maximum absolute atomic E-state index is 11.9. The quantitative estimate of drug-likeness (QED) is 0.788. The zero-order valence-electron chi connectivity index (χ0n) is 12.2. The van der Waals surface area contributed by atoms with Gasteiger partial charge in [-0.1, -0.05) is 0 Å². The van der Waals surface area contributed by atoms with Crippen molar-refractivity contribution in [3.63, 3.8) is 0 Å². The third-order valence-electron chi connectivity index (χ3n) is 4.11. The number of fused-ring (bicyclic) bond motifs is 2. The molecule has 0 spiro atoms. The van der Waals surface area contributed by atoms with Crippen LogP contribution in [0.25, 0.3) is 0 Å². The standard InChI is InChI=1S/C14H23N3O2/c1-13(2,3)19-12(18)16-14(9-15)7-10-5-6-11(8-14)17(10)4/h10-11H,5-8H2,1-4H3,(H,16,18). The highest BCUT2D eigenvalue weighted by molar-refractivity contribution is 5.69. The lowest BCUT2D eigenvalue weighted by molar-refractivity contribution is 0.0400. The predicted molar refractivity (Wildman–Crippen MR) is 71.5 cm³/mol. The molecule has 2 heterocycles. The van der Waals surface area contributed by atoms with E-state index < -0.39 is 17.2 Å². The van der Waals surface area contributed by atoms with Crippen molar-refractivity contribution in [3.8, 4) is 6.07 Å². The third kappa shape index (κ3) is 3.01. The Hall–Kier alpha value is -1.28. The lowest BCUT2D eigenvalue weighted by atomic mass is 9.84. The van der Waals surface area contributed by atoms with Crippen molar-refractivity contribution in [2.75, 3.05) is 7.05 Å². The molecule has 0 radical (unpaired) electrons. The number of hydrogen-bond donors (Lipinski definition) is 1. The molecule has 0 aliphatic carbocycles. The number of hydrogen-bond acceptors (Lipinski definition) is 4. The minimum atomic E-state index is -0.763. The normalized spacial score (nSPS) is 34.7. The Labute approximate surface area is 114 Å². The molecule has 0 saturated carbocycles. The summed E-state index contributed by atoms with van der Waals surface area (Å²) in [6, 6.07) is 3.11. The summed E-state index contributed by atoms with van der Waals surface area (Å²) in [6.07, 6.45) is 3.12. The molecule has 2 fully saturated rings. The van der Waals surface area contributed by atoms with Gasteiger partial charge in [0.25, 0.3) is 0 Å². The lowest BCUT2D eigenvalue weighted by Gasteiger charge is -2.41. The van der Waals surface area contributed by atoms with E-state index in [0.717, 1.165) is 12.8 Å². The molecule has 106 valence electrons. The van der Waals surface area contributed by atoms with Crippen molar-refractivity contribution in [2.45, 2.75) is 69.7 Å². The van der Waals surface area contributed by atoms with Crippen LogP contribution >= 0.6 is 0 Å². The van der Waals surface area contributed by atoms with Crippen LogP contribution in [0.5, 0.6) is 0 Å². The fraction of sp³-hybridized carbons (Fsp3) is 0.857. The number of carbonyl (C=O) groups is 1. The number of nitrogens with one attached hydrogen (secondary N) is 1. The molecular weight excluding hydrogens is 242 g/mol. The molecule has 2 saturated heterocycles. The topological polar surface area (TPSA) is 65.4 Å². The van der Waals surface area contributed by atoms with Crippen molar-refractivity contribution < 1.29 is 9.53 Å². The van der Waals surface area contributed by atoms with Crippen molar-refractivity contribution >= 4 is 6.09 Å². The van der Waals surface area contributed by atoms with Crippen LogP contribution < -0.4 is 5.32 Å². The van der Waals surface area contributed by atoms with Gasteiger partial charge in [-0.3, -0.25) is 0 Å². The van der Waals surface area contributed by atoms with Gasteiger partial charge < -0.3 is 15.0 Å². The summed E-state index contributed by atoms with van der Waals surface area (Å²) in [7, 11) is 2.11. The van der Waals surface area contributed by atoms with E-state index in [1.165, 1.54) is 0 Å². The van der Waals surface area contributed by atoms with Gasteiger partial charge in [0.15, 0.2) is 0 Å². The van der Waals surface area contributed by atoms with Crippen molar-refractivity contribution in [2.24, 2.45) is 0 Å². The Morgan fingerprint density at radius 2 is 1.89 bits per heavy atom. The van der Waals surface area contributed by atoms with Crippen LogP contribution in [0.4, 0.5) is 4.79 Å². The largest absolute Gasteiger partial charge is 0.444 e. The van der Waals surface area contributed by atoms with Gasteiger partial charge >= 0.3 is 6.09 Å². The Balaban J connectivity index is 2.05. The van der Waals surface area contributed by atoms with Gasteiger partial charge in [-0.15, -0.1) is 0 Å². The third-order valence-corrected chi connectivity index (χ3v) is 4.11. The number of alkyl carbamates (subject to hydrolysis) is 1. The van der Waals surface area contributed by atoms with Crippen LogP contribution in [0.15, 0.2) is 0 Å². The van der Waals surface area contributed by atoms with Crippen LogP contribution in [-0.2, 0) is 4.74 Å². The van der Waals surface area contributed by atoms with Gasteiger partial charge in [-0.05, 0) is 53.5 Å². The number of nitrogens with zero attached hydrogens (tertiary/aromatic N) is 2. The van der Waals surface area contributed by atoms with Crippen molar-refractivity contribution in [1.82, 2.24) is 10.2 Å². The van der Waals surface area contributed by atoms with Crippen LogP contribution in [-0.4, -0.2) is 41.3 Å². The molecule has 5 nitrogen and oxygen atoms in total. The van der Waals surface area contributed by atoms with Gasteiger partial charge in [0, 0.05) is 12.1 Å². The molecule has 2 bridgehead atoms. The molecular formula is C14H23N3O2. The summed E-state index contributed by atoms with van der Waals surface area (Å²) in [4.78, 5) is 14.2. The maximum Gasteiger partial charge on any atom is 0.408 e. The number of carbonyl (C=O) groups excluding carboxylic acids is 1. The smallest absolute Gasteiger partial charge is 0.408 e. The first-order valence-corrected chi connectivity index (χ1v) is 6.89. The Morgan fingerprint density at radius 1 is 1.37 bits per heavy atom. The summed E-state index contributed by atoms with van der Waals surface area (Å²) in [6.45, 7) is 5.47. The average molecular weight is 265 g/mol. The molecule has 2 atom stereocenters. The molecule has 2 unspecified atom stereocenters. The molecule has 0 aromatic heterocycles. The van der Waals surface area contributed by atoms with Crippen LogP contribution in [0.3, 0.4) is 0 Å². The predicted octanol–water partition coefficient (Wildman–Crippen LogP) is 2.03. The molecule has 1 amide bonds.